The Morgan fingerprint density at radius 3 is 2.61 bits per heavy atom. The summed E-state index contributed by atoms with van der Waals surface area (Å²) in [5.74, 6) is 0.416. The summed E-state index contributed by atoms with van der Waals surface area (Å²) >= 11 is 6.28. The van der Waals surface area contributed by atoms with E-state index in [0.717, 1.165) is 12.8 Å². The van der Waals surface area contributed by atoms with Crippen LogP contribution in [0.2, 0.25) is 5.02 Å². The lowest BCUT2D eigenvalue weighted by atomic mass is 9.95. The quantitative estimate of drug-likeness (QED) is 0.726. The number of nitriles is 1. The fraction of sp³-hybridized carbons (Fsp3) is 0.400. The molecule has 2 heterocycles. The summed E-state index contributed by atoms with van der Waals surface area (Å²) in [6.45, 7) is 3.71. The minimum atomic E-state index is -0.864. The minimum absolute atomic E-state index is 0.210. The normalized spacial score (nSPS) is 18.4. The number of amides is 3. The summed E-state index contributed by atoms with van der Waals surface area (Å²) in [5, 5.41) is 13.4. The van der Waals surface area contributed by atoms with Gasteiger partial charge in [0.25, 0.3) is 5.91 Å². The van der Waals surface area contributed by atoms with Crippen molar-refractivity contribution in [3.63, 3.8) is 0 Å². The standard InChI is InChI=1S/C20H19ClN4O3/c1-12-9-15(23-28-12)11-24-19(27)25(18(26)20(24)7-3-4-8-20)16-6-5-14(10-22)17(21)13(16)2/h5-6,9H,3-4,7-8,11H2,1-2H3. The van der Waals surface area contributed by atoms with Gasteiger partial charge in [0, 0.05) is 6.07 Å². The maximum absolute atomic E-state index is 13.5. The van der Waals surface area contributed by atoms with Crippen molar-refractivity contribution in [2.24, 2.45) is 0 Å². The molecule has 7 nitrogen and oxygen atoms in total. The molecular weight excluding hydrogens is 380 g/mol. The van der Waals surface area contributed by atoms with Gasteiger partial charge in [-0.15, -0.1) is 0 Å². The first-order valence-corrected chi connectivity index (χ1v) is 9.54. The molecule has 3 amide bonds. The average Bonchev–Trinajstić information content (AvgIpc) is 3.36. The molecule has 1 aliphatic carbocycles. The number of benzene rings is 1. The van der Waals surface area contributed by atoms with Crippen molar-refractivity contribution in [2.45, 2.75) is 51.6 Å². The van der Waals surface area contributed by atoms with E-state index < -0.39 is 11.6 Å². The second-order valence-corrected chi connectivity index (χ2v) is 7.74. The molecule has 0 unspecified atom stereocenters. The lowest BCUT2D eigenvalue weighted by molar-refractivity contribution is -0.124. The van der Waals surface area contributed by atoms with Crippen molar-refractivity contribution >= 4 is 29.2 Å². The molecule has 2 aromatic rings. The molecule has 144 valence electrons. The van der Waals surface area contributed by atoms with Crippen LogP contribution >= 0.6 is 11.6 Å². The third kappa shape index (κ3) is 2.60. The molecule has 1 saturated heterocycles. The topological polar surface area (TPSA) is 90.4 Å². The largest absolute Gasteiger partial charge is 0.361 e. The van der Waals surface area contributed by atoms with Gasteiger partial charge in [0.2, 0.25) is 0 Å². The van der Waals surface area contributed by atoms with Gasteiger partial charge >= 0.3 is 6.03 Å². The van der Waals surface area contributed by atoms with Crippen LogP contribution in [0.3, 0.4) is 0 Å². The number of anilines is 1. The van der Waals surface area contributed by atoms with Crippen molar-refractivity contribution in [2.75, 3.05) is 4.90 Å². The summed E-state index contributed by atoms with van der Waals surface area (Å²) in [6, 6.07) is 6.55. The number of carbonyl (C=O) groups excluding carboxylic acids is 2. The second-order valence-electron chi connectivity index (χ2n) is 7.36. The maximum Gasteiger partial charge on any atom is 0.332 e. The van der Waals surface area contributed by atoms with E-state index in [9.17, 15) is 14.9 Å². The lowest BCUT2D eigenvalue weighted by Crippen LogP contribution is -2.47. The minimum Gasteiger partial charge on any atom is -0.361 e. The van der Waals surface area contributed by atoms with Crippen LogP contribution in [0.1, 0.15) is 48.3 Å². The van der Waals surface area contributed by atoms with Gasteiger partial charge in [0.05, 0.1) is 22.8 Å². The number of aryl methyl sites for hydroxylation is 1. The van der Waals surface area contributed by atoms with Crippen molar-refractivity contribution < 1.29 is 14.1 Å². The molecule has 2 fully saturated rings. The van der Waals surface area contributed by atoms with E-state index in [1.165, 1.54) is 11.0 Å². The van der Waals surface area contributed by atoms with Crippen LogP contribution in [-0.2, 0) is 11.3 Å². The van der Waals surface area contributed by atoms with E-state index in [2.05, 4.69) is 5.16 Å². The van der Waals surface area contributed by atoms with Gasteiger partial charge in [-0.2, -0.15) is 5.26 Å². The Hall–Kier alpha value is -2.85. The van der Waals surface area contributed by atoms with E-state index in [-0.39, 0.29) is 17.5 Å². The zero-order valence-corrected chi connectivity index (χ0v) is 16.4. The van der Waals surface area contributed by atoms with E-state index in [1.807, 2.05) is 6.07 Å². The molecule has 1 spiro atoms. The zero-order valence-electron chi connectivity index (χ0n) is 15.7. The number of nitrogens with zero attached hydrogens (tertiary/aromatic N) is 4. The molecule has 0 N–H and O–H groups in total. The van der Waals surface area contributed by atoms with Crippen LogP contribution < -0.4 is 4.90 Å². The van der Waals surface area contributed by atoms with E-state index in [1.54, 1.807) is 30.9 Å². The van der Waals surface area contributed by atoms with E-state index >= 15 is 0 Å². The van der Waals surface area contributed by atoms with E-state index in [0.29, 0.717) is 41.1 Å². The molecule has 28 heavy (non-hydrogen) atoms. The summed E-state index contributed by atoms with van der Waals surface area (Å²) in [7, 11) is 0. The van der Waals surface area contributed by atoms with Gasteiger partial charge in [-0.3, -0.25) is 4.79 Å². The Morgan fingerprint density at radius 2 is 2.00 bits per heavy atom. The molecule has 1 aliphatic heterocycles. The predicted octanol–water partition coefficient (Wildman–Crippen LogP) is 4.10. The van der Waals surface area contributed by atoms with Crippen LogP contribution in [0, 0.1) is 25.2 Å². The molecule has 0 radical (unpaired) electrons. The average molecular weight is 399 g/mol. The highest BCUT2D eigenvalue weighted by Gasteiger charge is 2.59. The van der Waals surface area contributed by atoms with Gasteiger partial charge in [0.1, 0.15) is 23.1 Å². The SMILES string of the molecule is Cc1cc(CN2C(=O)N(c3ccc(C#N)c(Cl)c3C)C(=O)C23CCCC3)no1. The molecule has 0 bridgehead atoms. The number of hydrogen-bond donors (Lipinski definition) is 0. The van der Waals surface area contributed by atoms with Crippen molar-refractivity contribution in [3.8, 4) is 6.07 Å². The number of aromatic nitrogens is 1. The van der Waals surface area contributed by atoms with Crippen molar-refractivity contribution in [3.05, 3.63) is 45.8 Å². The summed E-state index contributed by atoms with van der Waals surface area (Å²) < 4.78 is 5.13. The van der Waals surface area contributed by atoms with Crippen LogP contribution in [-0.4, -0.2) is 27.5 Å². The van der Waals surface area contributed by atoms with Crippen LogP contribution in [0.5, 0.6) is 0 Å². The Balaban J connectivity index is 1.78. The third-order valence-corrected chi connectivity index (χ3v) is 6.17. The Morgan fingerprint density at radius 1 is 1.29 bits per heavy atom. The smallest absolute Gasteiger partial charge is 0.332 e. The number of imide groups is 1. The highest BCUT2D eigenvalue weighted by molar-refractivity contribution is 6.33. The Labute approximate surface area is 167 Å². The summed E-state index contributed by atoms with van der Waals surface area (Å²) in [4.78, 5) is 29.7. The molecule has 1 aromatic carbocycles. The first kappa shape index (κ1) is 18.5. The van der Waals surface area contributed by atoms with E-state index in [4.69, 9.17) is 16.1 Å². The Bertz CT molecular complexity index is 1020. The maximum atomic E-state index is 13.5. The number of urea groups is 1. The number of carbonyl (C=O) groups is 2. The van der Waals surface area contributed by atoms with Crippen LogP contribution in [0.15, 0.2) is 22.7 Å². The molecular formula is C20H19ClN4O3. The van der Waals surface area contributed by atoms with Gasteiger partial charge < -0.3 is 9.42 Å². The fourth-order valence-corrected chi connectivity index (χ4v) is 4.45. The summed E-state index contributed by atoms with van der Waals surface area (Å²) in [6.07, 6.45) is 3.00. The first-order chi connectivity index (χ1) is 13.4. The molecule has 2 aliphatic rings. The Kier molecular flexibility index (Phi) is 4.39. The number of rotatable bonds is 3. The second kappa shape index (κ2) is 6.64. The molecule has 0 atom stereocenters. The molecule has 1 aromatic heterocycles. The lowest BCUT2D eigenvalue weighted by Gasteiger charge is -2.30. The van der Waals surface area contributed by atoms with Gasteiger partial charge in [0.15, 0.2) is 0 Å². The number of halogens is 1. The molecule has 1 saturated carbocycles. The number of hydrogen-bond acceptors (Lipinski definition) is 5. The monoisotopic (exact) mass is 398 g/mol. The highest BCUT2D eigenvalue weighted by atomic mass is 35.5. The van der Waals surface area contributed by atoms with Gasteiger partial charge in [-0.25, -0.2) is 9.69 Å². The van der Waals surface area contributed by atoms with Gasteiger partial charge in [-0.1, -0.05) is 29.6 Å². The highest BCUT2D eigenvalue weighted by Crippen LogP contribution is 2.45. The third-order valence-electron chi connectivity index (χ3n) is 5.69. The zero-order chi connectivity index (χ0) is 20.1. The summed E-state index contributed by atoms with van der Waals surface area (Å²) in [5.41, 5.74) is 1.02. The fourth-order valence-electron chi connectivity index (χ4n) is 4.25. The van der Waals surface area contributed by atoms with Gasteiger partial charge in [-0.05, 0) is 44.4 Å². The molecule has 8 heteroatoms. The van der Waals surface area contributed by atoms with Crippen molar-refractivity contribution in [1.29, 1.82) is 5.26 Å². The first-order valence-electron chi connectivity index (χ1n) is 9.16. The molecule has 4 rings (SSSR count). The van der Waals surface area contributed by atoms with Crippen molar-refractivity contribution in [1.82, 2.24) is 10.1 Å². The van der Waals surface area contributed by atoms with Crippen LogP contribution in [0.25, 0.3) is 0 Å². The predicted molar refractivity (Wildman–Crippen MR) is 102 cm³/mol. The van der Waals surface area contributed by atoms with Crippen LogP contribution in [0.4, 0.5) is 10.5 Å².